The van der Waals surface area contributed by atoms with Gasteiger partial charge in [0.1, 0.15) is 5.75 Å². The second kappa shape index (κ2) is 6.30. The summed E-state index contributed by atoms with van der Waals surface area (Å²) < 4.78 is 29.3. The number of amides is 1. The summed E-state index contributed by atoms with van der Waals surface area (Å²) in [7, 11) is -1.35. The summed E-state index contributed by atoms with van der Waals surface area (Å²) in [4.78, 5) is 13.5. The summed E-state index contributed by atoms with van der Waals surface area (Å²) >= 11 is 2.14. The molecule has 2 rings (SSSR count). The lowest BCUT2D eigenvalue weighted by atomic mass is 10.2. The van der Waals surface area contributed by atoms with Crippen LogP contribution in [0.5, 0.6) is 5.75 Å². The van der Waals surface area contributed by atoms with E-state index in [-0.39, 0.29) is 30.1 Å². The van der Waals surface area contributed by atoms with Crippen LogP contribution in [0.1, 0.15) is 6.42 Å². The van der Waals surface area contributed by atoms with Crippen molar-refractivity contribution >= 4 is 38.3 Å². The number of para-hydroxylation sites is 1. The normalized spacial score (nSPS) is 20.6. The molecule has 110 valence electrons. The van der Waals surface area contributed by atoms with E-state index in [9.17, 15) is 13.2 Å². The fourth-order valence-electron chi connectivity index (χ4n) is 2.09. The summed E-state index contributed by atoms with van der Waals surface area (Å²) in [6, 6.07) is 7.20. The second-order valence-corrected chi connectivity index (χ2v) is 8.17. The maximum atomic E-state index is 12.0. The van der Waals surface area contributed by atoms with Gasteiger partial charge in [0.05, 0.1) is 15.1 Å². The number of sulfone groups is 1. The smallest absolute Gasteiger partial charge is 0.260 e. The van der Waals surface area contributed by atoms with Gasteiger partial charge in [-0.3, -0.25) is 4.79 Å². The highest BCUT2D eigenvalue weighted by atomic mass is 127. The lowest BCUT2D eigenvalue weighted by Crippen LogP contribution is -2.40. The zero-order chi connectivity index (χ0) is 14.8. The Bertz CT molecular complexity index is 602. The number of rotatable bonds is 4. The summed E-state index contributed by atoms with van der Waals surface area (Å²) in [5.74, 6) is 0.672. The highest BCUT2D eigenvalue weighted by molar-refractivity contribution is 14.1. The Hall–Kier alpha value is -0.830. The quantitative estimate of drug-likeness (QED) is 0.704. The van der Waals surface area contributed by atoms with Crippen molar-refractivity contribution in [1.29, 1.82) is 0 Å². The second-order valence-electron chi connectivity index (χ2n) is 4.78. The molecule has 1 fully saturated rings. The number of halogens is 1. The molecule has 1 saturated heterocycles. The van der Waals surface area contributed by atoms with Gasteiger partial charge in [0.15, 0.2) is 16.4 Å². The Morgan fingerprint density at radius 3 is 2.75 bits per heavy atom. The number of hydrogen-bond donors (Lipinski definition) is 0. The molecule has 20 heavy (non-hydrogen) atoms. The van der Waals surface area contributed by atoms with Crippen LogP contribution in [-0.4, -0.2) is 50.4 Å². The third-order valence-corrected chi connectivity index (χ3v) is 5.98. The molecule has 0 bridgehead atoms. The molecule has 0 spiro atoms. The summed E-state index contributed by atoms with van der Waals surface area (Å²) in [6.07, 6.45) is 0.507. The van der Waals surface area contributed by atoms with Crippen molar-refractivity contribution in [3.63, 3.8) is 0 Å². The van der Waals surface area contributed by atoms with E-state index < -0.39 is 9.84 Å². The molecule has 0 aromatic heterocycles. The van der Waals surface area contributed by atoms with E-state index in [1.807, 2.05) is 18.2 Å². The Morgan fingerprint density at radius 2 is 2.15 bits per heavy atom. The first-order valence-electron chi connectivity index (χ1n) is 6.22. The Morgan fingerprint density at radius 1 is 1.45 bits per heavy atom. The number of nitrogens with zero attached hydrogens (tertiary/aromatic N) is 1. The molecule has 1 aromatic rings. The van der Waals surface area contributed by atoms with Gasteiger partial charge in [0.25, 0.3) is 5.91 Å². The van der Waals surface area contributed by atoms with Gasteiger partial charge in [-0.25, -0.2) is 8.42 Å². The van der Waals surface area contributed by atoms with E-state index in [1.165, 1.54) is 4.90 Å². The van der Waals surface area contributed by atoms with E-state index in [1.54, 1.807) is 13.1 Å². The lowest BCUT2D eigenvalue weighted by Gasteiger charge is -2.23. The van der Waals surface area contributed by atoms with Crippen molar-refractivity contribution in [2.24, 2.45) is 0 Å². The predicted octanol–water partition coefficient (Wildman–Crippen LogP) is 1.32. The molecular formula is C13H16INO4S. The third-order valence-electron chi connectivity index (χ3n) is 3.34. The first-order chi connectivity index (χ1) is 9.39. The minimum atomic E-state index is -2.98. The van der Waals surface area contributed by atoms with E-state index in [2.05, 4.69) is 22.6 Å². The topological polar surface area (TPSA) is 63.7 Å². The number of hydrogen-bond acceptors (Lipinski definition) is 4. The Labute approximate surface area is 132 Å². The van der Waals surface area contributed by atoms with Crippen LogP contribution in [0.4, 0.5) is 0 Å². The van der Waals surface area contributed by atoms with Crippen LogP contribution in [0.25, 0.3) is 0 Å². The number of ether oxygens (including phenoxy) is 1. The van der Waals surface area contributed by atoms with Crippen LogP contribution in [0.2, 0.25) is 0 Å². The zero-order valence-electron chi connectivity index (χ0n) is 11.1. The molecule has 0 aliphatic carbocycles. The van der Waals surface area contributed by atoms with Gasteiger partial charge in [-0.2, -0.15) is 0 Å². The van der Waals surface area contributed by atoms with Gasteiger partial charge in [-0.05, 0) is 41.1 Å². The molecule has 1 amide bonds. The fraction of sp³-hybridized carbons (Fsp3) is 0.462. The van der Waals surface area contributed by atoms with Crippen LogP contribution in [0.3, 0.4) is 0 Å². The maximum Gasteiger partial charge on any atom is 0.260 e. The number of benzene rings is 1. The standard InChI is InChI=1S/C13H16INO4S/c1-15(10-6-7-20(17,18)9-10)13(16)8-19-12-5-3-2-4-11(12)14/h2-5,10H,6-9H2,1H3. The van der Waals surface area contributed by atoms with Gasteiger partial charge in [0.2, 0.25) is 0 Å². The predicted molar refractivity (Wildman–Crippen MR) is 84.5 cm³/mol. The van der Waals surface area contributed by atoms with E-state index >= 15 is 0 Å². The molecule has 1 aliphatic heterocycles. The number of carbonyl (C=O) groups excluding carboxylic acids is 1. The van der Waals surface area contributed by atoms with Crippen molar-refractivity contribution in [3.8, 4) is 5.75 Å². The van der Waals surface area contributed by atoms with E-state index in [0.717, 1.165) is 3.57 Å². The van der Waals surface area contributed by atoms with Crippen LogP contribution < -0.4 is 4.74 Å². The van der Waals surface area contributed by atoms with Gasteiger partial charge in [0, 0.05) is 13.1 Å². The Balaban J connectivity index is 1.91. The average molecular weight is 409 g/mol. The first kappa shape index (κ1) is 15.6. The molecule has 5 nitrogen and oxygen atoms in total. The highest BCUT2D eigenvalue weighted by Gasteiger charge is 2.32. The van der Waals surface area contributed by atoms with Gasteiger partial charge >= 0.3 is 0 Å². The highest BCUT2D eigenvalue weighted by Crippen LogP contribution is 2.20. The molecule has 0 N–H and O–H groups in total. The van der Waals surface area contributed by atoms with Crippen molar-refractivity contribution < 1.29 is 17.9 Å². The average Bonchev–Trinajstić information content (AvgIpc) is 2.77. The summed E-state index contributed by atoms with van der Waals surface area (Å²) in [5.41, 5.74) is 0. The van der Waals surface area contributed by atoms with E-state index in [0.29, 0.717) is 12.2 Å². The molecular weight excluding hydrogens is 393 g/mol. The minimum absolute atomic E-state index is 0.0537. The monoisotopic (exact) mass is 409 g/mol. The van der Waals surface area contributed by atoms with Gasteiger partial charge < -0.3 is 9.64 Å². The first-order valence-corrected chi connectivity index (χ1v) is 9.12. The van der Waals surface area contributed by atoms with Crippen LogP contribution in [-0.2, 0) is 14.6 Å². The summed E-state index contributed by atoms with van der Waals surface area (Å²) in [6.45, 7) is -0.0763. The molecule has 0 radical (unpaired) electrons. The number of likely N-dealkylation sites (N-methyl/N-ethyl adjacent to an activating group) is 1. The molecule has 7 heteroatoms. The van der Waals surface area contributed by atoms with E-state index in [4.69, 9.17) is 4.74 Å². The lowest BCUT2D eigenvalue weighted by molar-refractivity contribution is -0.133. The molecule has 1 aliphatic rings. The molecule has 1 heterocycles. The molecule has 0 saturated carbocycles. The largest absolute Gasteiger partial charge is 0.483 e. The van der Waals surface area contributed by atoms with Crippen LogP contribution >= 0.6 is 22.6 Å². The van der Waals surface area contributed by atoms with Crippen molar-refractivity contribution in [3.05, 3.63) is 27.8 Å². The fourth-order valence-corrected chi connectivity index (χ4v) is 4.41. The van der Waals surface area contributed by atoms with Gasteiger partial charge in [-0.15, -0.1) is 0 Å². The Kier molecular flexibility index (Phi) is 4.90. The van der Waals surface area contributed by atoms with Crippen molar-refractivity contribution in [1.82, 2.24) is 4.90 Å². The maximum absolute atomic E-state index is 12.0. The van der Waals surface area contributed by atoms with Crippen molar-refractivity contribution in [2.45, 2.75) is 12.5 Å². The minimum Gasteiger partial charge on any atom is -0.483 e. The molecule has 1 unspecified atom stereocenters. The summed E-state index contributed by atoms with van der Waals surface area (Å²) in [5, 5.41) is 0. The number of carbonyl (C=O) groups is 1. The molecule has 1 aromatic carbocycles. The zero-order valence-corrected chi connectivity index (χ0v) is 14.1. The third kappa shape index (κ3) is 3.85. The van der Waals surface area contributed by atoms with Crippen molar-refractivity contribution in [2.75, 3.05) is 25.2 Å². The SMILES string of the molecule is CN(C(=O)COc1ccccc1I)C1CCS(=O)(=O)C1. The van der Waals surface area contributed by atoms with Crippen LogP contribution in [0, 0.1) is 3.57 Å². The van der Waals surface area contributed by atoms with Crippen LogP contribution in [0.15, 0.2) is 24.3 Å². The molecule has 1 atom stereocenters. The van der Waals surface area contributed by atoms with Gasteiger partial charge in [-0.1, -0.05) is 12.1 Å².